The highest BCUT2D eigenvalue weighted by molar-refractivity contribution is 5.90. The van der Waals surface area contributed by atoms with Crippen molar-refractivity contribution in [3.63, 3.8) is 0 Å². The number of carboxylic acids is 1. The largest absolute Gasteiger partial charge is 0.507 e. The summed E-state index contributed by atoms with van der Waals surface area (Å²) in [5.74, 6) is -1.31. The topological polar surface area (TPSA) is 74.6 Å². The van der Waals surface area contributed by atoms with Crippen molar-refractivity contribution in [2.24, 2.45) is 0 Å². The second-order valence-corrected chi connectivity index (χ2v) is 3.80. The smallest absolute Gasteiger partial charge is 0.339 e. The van der Waals surface area contributed by atoms with Gasteiger partial charge in [0.25, 0.3) is 0 Å². The van der Waals surface area contributed by atoms with E-state index in [4.69, 9.17) is 10.2 Å². The second kappa shape index (κ2) is 6.96. The van der Waals surface area contributed by atoms with Crippen molar-refractivity contribution in [3.05, 3.63) is 65.2 Å². The van der Waals surface area contributed by atoms with Crippen molar-refractivity contribution in [2.45, 2.75) is 6.92 Å². The van der Waals surface area contributed by atoms with Crippen LogP contribution in [0.3, 0.4) is 0 Å². The van der Waals surface area contributed by atoms with Gasteiger partial charge in [0.05, 0.1) is 0 Å². The van der Waals surface area contributed by atoms with E-state index in [1.54, 1.807) is 12.1 Å². The summed E-state index contributed by atoms with van der Waals surface area (Å²) in [7, 11) is 0. The number of hydrogen-bond acceptors (Lipinski definition) is 3. The van der Waals surface area contributed by atoms with Crippen LogP contribution in [0.5, 0.6) is 5.75 Å². The van der Waals surface area contributed by atoms with Gasteiger partial charge in [-0.15, -0.1) is 0 Å². The van der Waals surface area contributed by atoms with Crippen LogP contribution in [0, 0.1) is 6.92 Å². The molecule has 4 heteroatoms. The van der Waals surface area contributed by atoms with Crippen LogP contribution >= 0.6 is 0 Å². The van der Waals surface area contributed by atoms with Crippen LogP contribution in [0.1, 0.15) is 26.3 Å². The van der Waals surface area contributed by atoms with Crippen LogP contribution in [0.4, 0.5) is 0 Å². The molecule has 4 nitrogen and oxygen atoms in total. The molecule has 0 radical (unpaired) electrons. The highest BCUT2D eigenvalue weighted by Gasteiger charge is 2.05. The quantitative estimate of drug-likeness (QED) is 0.812. The van der Waals surface area contributed by atoms with Crippen LogP contribution in [-0.2, 0) is 0 Å². The molecule has 0 heterocycles. The summed E-state index contributed by atoms with van der Waals surface area (Å²) in [6.07, 6.45) is 0.870. The van der Waals surface area contributed by atoms with Crippen molar-refractivity contribution < 1.29 is 19.8 Å². The zero-order chi connectivity index (χ0) is 14.3. The molecular weight excluding hydrogens is 244 g/mol. The molecule has 0 aliphatic rings. The normalized spacial score (nSPS) is 9.11. The van der Waals surface area contributed by atoms with Gasteiger partial charge in [-0.05, 0) is 24.6 Å². The minimum atomic E-state index is -1.11. The van der Waals surface area contributed by atoms with E-state index in [2.05, 4.69) is 0 Å². The van der Waals surface area contributed by atoms with E-state index in [9.17, 15) is 9.59 Å². The molecule has 2 aromatic carbocycles. The SMILES string of the molecule is Cc1ccccc1C=O.O=C(O)c1ccccc1O. The molecule has 0 bridgehead atoms. The average molecular weight is 258 g/mol. The van der Waals surface area contributed by atoms with E-state index in [0.717, 1.165) is 17.4 Å². The number of aromatic hydroxyl groups is 1. The maximum atomic E-state index is 10.3. The minimum Gasteiger partial charge on any atom is -0.507 e. The van der Waals surface area contributed by atoms with Crippen LogP contribution in [-0.4, -0.2) is 22.5 Å². The first-order valence-corrected chi connectivity index (χ1v) is 5.58. The number of benzene rings is 2. The number of hydrogen-bond donors (Lipinski definition) is 2. The fraction of sp³-hybridized carbons (Fsp3) is 0.0667. The fourth-order valence-corrected chi connectivity index (χ4v) is 1.37. The summed E-state index contributed by atoms with van der Waals surface area (Å²) in [5, 5.41) is 17.3. The molecule has 19 heavy (non-hydrogen) atoms. The monoisotopic (exact) mass is 258 g/mol. The van der Waals surface area contributed by atoms with E-state index in [1.165, 1.54) is 12.1 Å². The molecule has 2 aromatic rings. The van der Waals surface area contributed by atoms with Crippen molar-refractivity contribution >= 4 is 12.3 Å². The predicted octanol–water partition coefficient (Wildman–Crippen LogP) is 2.90. The first-order valence-electron chi connectivity index (χ1n) is 5.58. The lowest BCUT2D eigenvalue weighted by Crippen LogP contribution is -1.95. The lowest BCUT2D eigenvalue weighted by Gasteiger charge is -1.95. The molecule has 0 fully saturated rings. The molecule has 98 valence electrons. The number of carbonyl (C=O) groups is 2. The van der Waals surface area contributed by atoms with Crippen molar-refractivity contribution in [1.29, 1.82) is 0 Å². The average Bonchev–Trinajstić information content (AvgIpc) is 2.40. The Kier molecular flexibility index (Phi) is 5.29. The zero-order valence-corrected chi connectivity index (χ0v) is 10.4. The Bertz CT molecular complexity index is 576. The summed E-state index contributed by atoms with van der Waals surface area (Å²) >= 11 is 0. The molecule has 0 aliphatic heterocycles. The van der Waals surface area contributed by atoms with Gasteiger partial charge in [0.1, 0.15) is 17.6 Å². The zero-order valence-electron chi connectivity index (χ0n) is 10.4. The van der Waals surface area contributed by atoms with Gasteiger partial charge in [0.2, 0.25) is 0 Å². The first-order chi connectivity index (χ1) is 9.06. The Balaban J connectivity index is 0.000000191. The summed E-state index contributed by atoms with van der Waals surface area (Å²) in [5.41, 5.74) is 1.74. The van der Waals surface area contributed by atoms with Gasteiger partial charge in [0.15, 0.2) is 0 Å². The van der Waals surface area contributed by atoms with Crippen molar-refractivity contribution in [1.82, 2.24) is 0 Å². The molecule has 0 atom stereocenters. The fourth-order valence-electron chi connectivity index (χ4n) is 1.37. The first kappa shape index (κ1) is 14.4. The number of aryl methyl sites for hydroxylation is 1. The highest BCUT2D eigenvalue weighted by atomic mass is 16.4. The Morgan fingerprint density at radius 3 is 2.05 bits per heavy atom. The van der Waals surface area contributed by atoms with Gasteiger partial charge in [-0.1, -0.05) is 36.4 Å². The summed E-state index contributed by atoms with van der Waals surface area (Å²) in [6, 6.07) is 13.3. The maximum Gasteiger partial charge on any atom is 0.339 e. The number of carbonyl (C=O) groups excluding carboxylic acids is 1. The Hall–Kier alpha value is -2.62. The summed E-state index contributed by atoms with van der Waals surface area (Å²) < 4.78 is 0. The molecule has 0 aliphatic carbocycles. The van der Waals surface area contributed by atoms with Gasteiger partial charge in [-0.25, -0.2) is 4.79 Å². The van der Waals surface area contributed by atoms with Crippen LogP contribution in [0.2, 0.25) is 0 Å². The van der Waals surface area contributed by atoms with Gasteiger partial charge in [0, 0.05) is 5.56 Å². The van der Waals surface area contributed by atoms with E-state index in [-0.39, 0.29) is 11.3 Å². The van der Waals surface area contributed by atoms with Crippen LogP contribution < -0.4 is 0 Å². The number of aldehydes is 1. The van der Waals surface area contributed by atoms with Gasteiger partial charge < -0.3 is 10.2 Å². The van der Waals surface area contributed by atoms with Crippen molar-refractivity contribution in [2.75, 3.05) is 0 Å². The lowest BCUT2D eigenvalue weighted by molar-refractivity contribution is 0.0693. The molecule has 0 amide bonds. The van der Waals surface area contributed by atoms with E-state index >= 15 is 0 Å². The second-order valence-electron chi connectivity index (χ2n) is 3.80. The molecule has 2 N–H and O–H groups in total. The summed E-state index contributed by atoms with van der Waals surface area (Å²) in [6.45, 7) is 1.92. The van der Waals surface area contributed by atoms with Gasteiger partial charge in [-0.3, -0.25) is 4.79 Å². The van der Waals surface area contributed by atoms with Crippen molar-refractivity contribution in [3.8, 4) is 5.75 Å². The molecule has 0 saturated carbocycles. The highest BCUT2D eigenvalue weighted by Crippen LogP contribution is 2.14. The number of aromatic carboxylic acids is 1. The third-order valence-electron chi connectivity index (χ3n) is 2.45. The molecule has 0 saturated heterocycles. The standard InChI is InChI=1S/C8H8O.C7H6O3/c1-7-4-2-3-5-8(7)6-9;8-6-4-2-1-3-5(6)7(9)10/h2-6H,1H3;1-4,8H,(H,9,10). The third-order valence-corrected chi connectivity index (χ3v) is 2.45. The van der Waals surface area contributed by atoms with E-state index in [1.807, 2.05) is 31.2 Å². The third kappa shape index (κ3) is 4.27. The van der Waals surface area contributed by atoms with Gasteiger partial charge >= 0.3 is 5.97 Å². The predicted molar refractivity (Wildman–Crippen MR) is 71.6 cm³/mol. The van der Waals surface area contributed by atoms with Crippen LogP contribution in [0.15, 0.2) is 48.5 Å². The molecule has 0 unspecified atom stereocenters. The van der Waals surface area contributed by atoms with Crippen LogP contribution in [0.25, 0.3) is 0 Å². The number of rotatable bonds is 2. The number of carboxylic acid groups (broad SMARTS) is 1. The minimum absolute atomic E-state index is 0.0671. The van der Waals surface area contributed by atoms with E-state index < -0.39 is 5.97 Å². The van der Waals surface area contributed by atoms with E-state index in [0.29, 0.717) is 0 Å². The lowest BCUT2D eigenvalue weighted by atomic mass is 10.1. The summed E-state index contributed by atoms with van der Waals surface area (Å²) in [4.78, 5) is 20.5. The molecule has 0 aromatic heterocycles. The van der Waals surface area contributed by atoms with Gasteiger partial charge in [-0.2, -0.15) is 0 Å². The number of para-hydroxylation sites is 1. The molecule has 0 spiro atoms. The molecule has 2 rings (SSSR count). The Morgan fingerprint density at radius 1 is 1.05 bits per heavy atom. The molecular formula is C15H14O4. The Labute approximate surface area is 111 Å². The number of phenols is 1. The Morgan fingerprint density at radius 2 is 1.63 bits per heavy atom. The maximum absolute atomic E-state index is 10.3.